The second-order valence-corrected chi connectivity index (χ2v) is 10.8. The van der Waals surface area contributed by atoms with Gasteiger partial charge in [0.05, 0.1) is 13.1 Å². The zero-order valence-electron chi connectivity index (χ0n) is 16.9. The monoisotopic (exact) mass is 368 g/mol. The number of quaternary nitrogens is 1. The highest BCUT2D eigenvalue weighted by Crippen LogP contribution is 2.65. The Balaban J connectivity index is 1.69. The Hall–Kier alpha value is -1.06. The molecule has 2 radical (unpaired) electrons. The van der Waals surface area contributed by atoms with E-state index in [1.165, 1.54) is 30.4 Å². The third-order valence-corrected chi connectivity index (χ3v) is 9.36. The van der Waals surface area contributed by atoms with Gasteiger partial charge in [-0.1, -0.05) is 32.3 Å². The largest absolute Gasteiger partial charge is 0.508 e. The van der Waals surface area contributed by atoms with E-state index < -0.39 is 5.60 Å². The lowest BCUT2D eigenvalue weighted by Crippen LogP contribution is -2.84. The van der Waals surface area contributed by atoms with Gasteiger partial charge in [0.25, 0.3) is 0 Å². The number of phenols is 1. The SMILES string of the molecule is [CH][N+]1(CC2(C)CCC2)CCC23CCCCC2(O)C1(C)Cc1ccc(O)cc13. The molecule has 4 atom stereocenters. The second-order valence-electron chi connectivity index (χ2n) is 10.8. The molecule has 3 fully saturated rings. The average Bonchev–Trinajstić information content (AvgIpc) is 2.59. The molecule has 0 spiro atoms. The highest BCUT2D eigenvalue weighted by atomic mass is 16.3. The van der Waals surface area contributed by atoms with E-state index in [1.54, 1.807) is 6.07 Å². The summed E-state index contributed by atoms with van der Waals surface area (Å²) in [6.07, 6.45) is 9.59. The first-order valence-electron chi connectivity index (χ1n) is 10.9. The van der Waals surface area contributed by atoms with Crippen molar-refractivity contribution >= 4 is 0 Å². The zero-order valence-corrected chi connectivity index (χ0v) is 16.9. The lowest BCUT2D eigenvalue weighted by Gasteiger charge is -2.71. The maximum Gasteiger partial charge on any atom is 0.207 e. The molecule has 2 saturated carbocycles. The minimum atomic E-state index is -0.799. The Bertz CT molecular complexity index is 787. The highest BCUT2D eigenvalue weighted by Gasteiger charge is 2.74. The molecule has 4 aliphatic rings. The Morgan fingerprint density at radius 2 is 1.78 bits per heavy atom. The summed E-state index contributed by atoms with van der Waals surface area (Å²) < 4.78 is 0.502. The highest BCUT2D eigenvalue weighted by molar-refractivity contribution is 5.49. The van der Waals surface area contributed by atoms with Gasteiger partial charge in [0, 0.05) is 23.7 Å². The van der Waals surface area contributed by atoms with Gasteiger partial charge in [0.1, 0.15) is 16.9 Å². The topological polar surface area (TPSA) is 40.5 Å². The van der Waals surface area contributed by atoms with Crippen molar-refractivity contribution in [2.45, 2.75) is 88.2 Å². The van der Waals surface area contributed by atoms with Gasteiger partial charge < -0.3 is 14.7 Å². The fraction of sp³-hybridized carbons (Fsp3) is 0.708. The molecule has 0 aromatic heterocycles. The predicted octanol–water partition coefficient (Wildman–Crippen LogP) is 4.33. The third-order valence-electron chi connectivity index (χ3n) is 9.36. The van der Waals surface area contributed by atoms with E-state index in [-0.39, 0.29) is 11.0 Å². The van der Waals surface area contributed by atoms with E-state index in [0.29, 0.717) is 15.6 Å². The van der Waals surface area contributed by atoms with Crippen LogP contribution in [0, 0.1) is 12.5 Å². The van der Waals surface area contributed by atoms with Gasteiger partial charge in [0.2, 0.25) is 7.05 Å². The number of benzene rings is 1. The molecule has 1 aromatic rings. The van der Waals surface area contributed by atoms with Crippen molar-refractivity contribution in [2.24, 2.45) is 5.41 Å². The molecule has 2 bridgehead atoms. The molecule has 4 unspecified atom stereocenters. The van der Waals surface area contributed by atoms with E-state index in [2.05, 4.69) is 19.9 Å². The normalized spacial score (nSPS) is 44.7. The molecule has 1 aromatic carbocycles. The summed E-state index contributed by atoms with van der Waals surface area (Å²) in [4.78, 5) is 0. The maximum absolute atomic E-state index is 12.4. The van der Waals surface area contributed by atoms with Gasteiger partial charge in [-0.05, 0) is 55.9 Å². The van der Waals surface area contributed by atoms with Crippen LogP contribution in [0.3, 0.4) is 0 Å². The number of phenolic OH excluding ortho intramolecular Hbond substituents is 1. The summed E-state index contributed by atoms with van der Waals surface area (Å²) in [7, 11) is 7.24. The van der Waals surface area contributed by atoms with E-state index in [1.807, 2.05) is 6.07 Å². The van der Waals surface area contributed by atoms with Crippen LogP contribution in [-0.4, -0.2) is 38.9 Å². The summed E-state index contributed by atoms with van der Waals surface area (Å²) in [5, 5.41) is 22.6. The molecule has 5 rings (SSSR count). The predicted molar refractivity (Wildman–Crippen MR) is 106 cm³/mol. The second kappa shape index (κ2) is 5.30. The number of piperidine rings is 1. The molecule has 3 heteroatoms. The number of aliphatic hydroxyl groups is 1. The molecule has 1 saturated heterocycles. The van der Waals surface area contributed by atoms with Crippen LogP contribution in [0.1, 0.15) is 76.3 Å². The van der Waals surface area contributed by atoms with E-state index in [0.717, 1.165) is 51.6 Å². The van der Waals surface area contributed by atoms with Gasteiger partial charge in [-0.15, -0.1) is 0 Å². The molecule has 0 amide bonds. The minimum Gasteiger partial charge on any atom is -0.508 e. The first kappa shape index (κ1) is 18.0. The Morgan fingerprint density at radius 3 is 2.48 bits per heavy atom. The van der Waals surface area contributed by atoms with E-state index in [9.17, 15) is 10.2 Å². The summed E-state index contributed by atoms with van der Waals surface area (Å²) >= 11 is 0. The molecule has 3 aliphatic carbocycles. The molecule has 146 valence electrons. The average molecular weight is 369 g/mol. The Labute approximate surface area is 164 Å². The van der Waals surface area contributed by atoms with E-state index in [4.69, 9.17) is 7.05 Å². The fourth-order valence-corrected chi connectivity index (χ4v) is 7.58. The molecule has 3 nitrogen and oxygen atoms in total. The minimum absolute atomic E-state index is 0.256. The lowest BCUT2D eigenvalue weighted by molar-refractivity contribution is -0.959. The van der Waals surface area contributed by atoms with Crippen molar-refractivity contribution in [1.29, 1.82) is 0 Å². The van der Waals surface area contributed by atoms with Crippen molar-refractivity contribution in [1.82, 2.24) is 0 Å². The first-order valence-corrected chi connectivity index (χ1v) is 10.9. The molecular formula is C24H34NO2+. The van der Waals surface area contributed by atoms with Crippen LogP contribution in [0.2, 0.25) is 0 Å². The van der Waals surface area contributed by atoms with Gasteiger partial charge >= 0.3 is 0 Å². The van der Waals surface area contributed by atoms with Crippen LogP contribution in [0.4, 0.5) is 0 Å². The summed E-state index contributed by atoms with van der Waals surface area (Å²) in [6.45, 7) is 6.54. The Morgan fingerprint density at radius 1 is 1.04 bits per heavy atom. The van der Waals surface area contributed by atoms with Crippen LogP contribution in [-0.2, 0) is 11.8 Å². The first-order chi connectivity index (χ1) is 12.7. The van der Waals surface area contributed by atoms with Gasteiger partial charge in [0.15, 0.2) is 0 Å². The van der Waals surface area contributed by atoms with Gasteiger partial charge in [-0.3, -0.25) is 0 Å². The summed E-state index contributed by atoms with van der Waals surface area (Å²) in [5.74, 6) is 0.320. The lowest BCUT2D eigenvalue weighted by atomic mass is 9.44. The third kappa shape index (κ3) is 2.05. The smallest absolute Gasteiger partial charge is 0.207 e. The van der Waals surface area contributed by atoms with Gasteiger partial charge in [-0.2, -0.15) is 0 Å². The fourth-order valence-electron chi connectivity index (χ4n) is 7.58. The molecular weight excluding hydrogens is 334 g/mol. The molecule has 27 heavy (non-hydrogen) atoms. The van der Waals surface area contributed by atoms with Crippen LogP contribution in [0.5, 0.6) is 5.75 Å². The van der Waals surface area contributed by atoms with Crippen molar-refractivity contribution in [3.8, 4) is 5.75 Å². The van der Waals surface area contributed by atoms with Crippen molar-refractivity contribution in [3.63, 3.8) is 0 Å². The Kier molecular flexibility index (Phi) is 3.53. The number of fused-ring (bicyclic) bond motifs is 1. The van der Waals surface area contributed by atoms with Crippen molar-refractivity contribution in [3.05, 3.63) is 36.4 Å². The van der Waals surface area contributed by atoms with Gasteiger partial charge in [-0.25, -0.2) is 0 Å². The van der Waals surface area contributed by atoms with Crippen LogP contribution >= 0.6 is 0 Å². The molecule has 1 heterocycles. The number of rotatable bonds is 2. The van der Waals surface area contributed by atoms with Crippen LogP contribution in [0.15, 0.2) is 18.2 Å². The van der Waals surface area contributed by atoms with E-state index >= 15 is 0 Å². The van der Waals surface area contributed by atoms with Crippen molar-refractivity contribution in [2.75, 3.05) is 13.1 Å². The van der Waals surface area contributed by atoms with Crippen LogP contribution in [0.25, 0.3) is 0 Å². The summed E-state index contributed by atoms with van der Waals surface area (Å²) in [6, 6.07) is 5.83. The maximum atomic E-state index is 12.4. The molecule has 1 aliphatic heterocycles. The molecule has 2 N–H and O–H groups in total. The number of hydrogen-bond acceptors (Lipinski definition) is 2. The summed E-state index contributed by atoms with van der Waals surface area (Å²) in [5.41, 5.74) is 1.36. The van der Waals surface area contributed by atoms with Crippen LogP contribution < -0.4 is 0 Å². The quantitative estimate of drug-likeness (QED) is 0.763. The number of nitrogens with zero attached hydrogens (tertiary/aromatic N) is 1. The standard InChI is InChI=1S/C24H34NO2/c1-21(9-6-10-21)17-25(3)14-13-23-11-4-5-12-24(23,27)22(25,2)16-18-7-8-19(26)15-20(18)23/h3,7-8,15,26-27H,4-6,9-14,16-17H2,1-2H3/q+1. The van der Waals surface area contributed by atoms with Crippen molar-refractivity contribution < 1.29 is 14.7 Å². The number of hydrogen-bond donors (Lipinski definition) is 2. The zero-order chi connectivity index (χ0) is 19.1. The number of aromatic hydroxyl groups is 1. The number of likely N-dealkylation sites (tertiary alicyclic amines) is 1.